The first kappa shape index (κ1) is 27.3. The molecule has 40 heavy (non-hydrogen) atoms. The maximum Gasteiger partial charge on any atom is 0.227 e. The minimum Gasteiger partial charge on any atom is -0.480 e. The Hall–Kier alpha value is -2.92. The number of nitrogens with zero attached hydrogens (tertiary/aromatic N) is 3. The standard InChI is InChI=1S/C32H30IN3O3S/c1-37-30-28-26(33)20-36(29(28)34-31(35-30)40-2)27-19-18-25(39-27)21-38-32(22-12-6-3-7-13-22,23-14-8-4-9-15-23)24-16-10-5-11-17-24/h3-17,20,25,27H,18-19,21H2,1-2H3/t25-,27+/m0/s1. The van der Waals surface area contributed by atoms with E-state index in [0.29, 0.717) is 17.6 Å². The average molecular weight is 664 g/mol. The van der Waals surface area contributed by atoms with Gasteiger partial charge in [-0.25, -0.2) is 4.98 Å². The first-order valence-corrected chi connectivity index (χ1v) is 15.6. The van der Waals surface area contributed by atoms with Crippen molar-refractivity contribution in [2.45, 2.75) is 35.9 Å². The number of hydrogen-bond donors (Lipinski definition) is 0. The van der Waals surface area contributed by atoms with Crippen molar-refractivity contribution in [1.82, 2.24) is 14.5 Å². The van der Waals surface area contributed by atoms with Gasteiger partial charge in [0, 0.05) is 9.77 Å². The lowest BCUT2D eigenvalue weighted by Crippen LogP contribution is -2.35. The van der Waals surface area contributed by atoms with Crippen molar-refractivity contribution in [2.75, 3.05) is 20.0 Å². The van der Waals surface area contributed by atoms with E-state index >= 15 is 0 Å². The van der Waals surface area contributed by atoms with Gasteiger partial charge in [0.15, 0.2) is 10.8 Å². The monoisotopic (exact) mass is 663 g/mol. The summed E-state index contributed by atoms with van der Waals surface area (Å²) in [6.45, 7) is 0.444. The summed E-state index contributed by atoms with van der Waals surface area (Å²) >= 11 is 3.82. The van der Waals surface area contributed by atoms with Gasteiger partial charge in [-0.15, -0.1) is 0 Å². The third-order valence-corrected chi connectivity index (χ3v) is 8.74. The Bertz CT molecular complexity index is 1480. The Morgan fingerprint density at radius 2 is 1.48 bits per heavy atom. The Balaban J connectivity index is 1.32. The second kappa shape index (κ2) is 11.9. The summed E-state index contributed by atoms with van der Waals surface area (Å²) < 4.78 is 22.5. The molecular formula is C32H30IN3O3S. The van der Waals surface area contributed by atoms with Gasteiger partial charge in [0.1, 0.15) is 11.8 Å². The highest BCUT2D eigenvalue weighted by atomic mass is 127. The van der Waals surface area contributed by atoms with E-state index in [-0.39, 0.29) is 12.3 Å². The molecule has 1 aliphatic heterocycles. The summed E-state index contributed by atoms with van der Waals surface area (Å²) in [7, 11) is 1.65. The molecule has 0 spiro atoms. The van der Waals surface area contributed by atoms with Crippen LogP contribution in [0.1, 0.15) is 35.8 Å². The van der Waals surface area contributed by atoms with Crippen molar-refractivity contribution in [2.24, 2.45) is 0 Å². The van der Waals surface area contributed by atoms with Gasteiger partial charge >= 0.3 is 0 Å². The number of hydrogen-bond acceptors (Lipinski definition) is 6. The predicted molar refractivity (Wildman–Crippen MR) is 167 cm³/mol. The first-order valence-electron chi connectivity index (χ1n) is 13.3. The Labute approximate surface area is 252 Å². The van der Waals surface area contributed by atoms with Crippen LogP contribution < -0.4 is 4.74 Å². The number of aromatic nitrogens is 3. The molecule has 8 heteroatoms. The van der Waals surface area contributed by atoms with Gasteiger partial charge in [-0.1, -0.05) is 103 Å². The molecule has 204 valence electrons. The number of rotatable bonds is 9. The van der Waals surface area contributed by atoms with E-state index in [9.17, 15) is 0 Å². The number of benzene rings is 3. The van der Waals surface area contributed by atoms with Crippen LogP contribution in [0.5, 0.6) is 5.88 Å². The van der Waals surface area contributed by atoms with Crippen LogP contribution in [0.15, 0.2) is 102 Å². The second-order valence-electron chi connectivity index (χ2n) is 9.68. The van der Waals surface area contributed by atoms with Gasteiger partial charge < -0.3 is 18.8 Å². The van der Waals surface area contributed by atoms with Crippen LogP contribution in [-0.2, 0) is 15.1 Å². The van der Waals surface area contributed by atoms with Crippen molar-refractivity contribution >= 4 is 45.4 Å². The van der Waals surface area contributed by atoms with E-state index in [4.69, 9.17) is 19.2 Å². The maximum atomic E-state index is 7.04. The van der Waals surface area contributed by atoms with Crippen molar-refractivity contribution in [3.8, 4) is 5.88 Å². The van der Waals surface area contributed by atoms with Gasteiger partial charge in [0.25, 0.3) is 0 Å². The van der Waals surface area contributed by atoms with Gasteiger partial charge in [0.05, 0.1) is 25.2 Å². The zero-order valence-corrected chi connectivity index (χ0v) is 25.3. The largest absolute Gasteiger partial charge is 0.480 e. The van der Waals surface area contributed by atoms with Crippen LogP contribution in [0, 0.1) is 3.57 Å². The summed E-state index contributed by atoms with van der Waals surface area (Å²) in [5.41, 5.74) is 3.32. The highest BCUT2D eigenvalue weighted by molar-refractivity contribution is 14.1. The van der Waals surface area contributed by atoms with Gasteiger partial charge in [-0.3, -0.25) is 0 Å². The normalized spacial score (nSPS) is 17.4. The van der Waals surface area contributed by atoms with Crippen molar-refractivity contribution in [3.63, 3.8) is 0 Å². The lowest BCUT2D eigenvalue weighted by Gasteiger charge is -2.36. The lowest BCUT2D eigenvalue weighted by atomic mass is 9.80. The smallest absolute Gasteiger partial charge is 0.227 e. The molecule has 0 bridgehead atoms. The summed E-state index contributed by atoms with van der Waals surface area (Å²) in [5.74, 6) is 0.591. The molecule has 3 aromatic carbocycles. The van der Waals surface area contributed by atoms with Gasteiger partial charge in [-0.2, -0.15) is 4.98 Å². The van der Waals surface area contributed by atoms with Crippen molar-refractivity contribution in [3.05, 3.63) is 117 Å². The molecule has 2 aromatic heterocycles. The zero-order chi connectivity index (χ0) is 27.5. The molecule has 2 atom stereocenters. The fourth-order valence-corrected chi connectivity index (χ4v) is 6.64. The molecule has 0 unspecified atom stereocenters. The first-order chi connectivity index (χ1) is 19.6. The zero-order valence-electron chi connectivity index (χ0n) is 22.4. The quantitative estimate of drug-likeness (QED) is 0.0707. The van der Waals surface area contributed by atoms with Crippen LogP contribution in [-0.4, -0.2) is 40.6 Å². The van der Waals surface area contributed by atoms with Crippen LogP contribution >= 0.6 is 34.4 Å². The number of halogens is 1. The van der Waals surface area contributed by atoms with Crippen LogP contribution in [0.4, 0.5) is 0 Å². The second-order valence-corrected chi connectivity index (χ2v) is 11.6. The summed E-state index contributed by atoms with van der Waals surface area (Å²) in [4.78, 5) is 9.36. The minimum absolute atomic E-state index is 0.0700. The molecule has 6 rings (SSSR count). The maximum absolute atomic E-state index is 7.04. The number of ether oxygens (including phenoxy) is 3. The highest BCUT2D eigenvalue weighted by Gasteiger charge is 2.39. The summed E-state index contributed by atoms with van der Waals surface area (Å²) in [6, 6.07) is 31.4. The molecule has 5 aromatic rings. The Kier molecular flexibility index (Phi) is 8.11. The van der Waals surface area contributed by atoms with Crippen LogP contribution in [0.25, 0.3) is 11.0 Å². The number of fused-ring (bicyclic) bond motifs is 1. The summed E-state index contributed by atoms with van der Waals surface area (Å²) in [5, 5.41) is 1.59. The fraction of sp³-hybridized carbons (Fsp3) is 0.250. The topological polar surface area (TPSA) is 58.4 Å². The van der Waals surface area contributed by atoms with Gasteiger partial charge in [0.2, 0.25) is 5.88 Å². The molecule has 0 saturated carbocycles. The minimum atomic E-state index is -0.769. The molecule has 0 N–H and O–H groups in total. The molecule has 0 amide bonds. The average Bonchev–Trinajstić information content (AvgIpc) is 3.63. The SMILES string of the molecule is COc1nc(SC)nc2c1c(I)cn2[C@H]1CC[C@@H](COC(c2ccccc2)(c2ccccc2)c2ccccc2)O1. The van der Waals surface area contributed by atoms with E-state index in [0.717, 1.165) is 44.1 Å². The molecule has 0 aliphatic carbocycles. The van der Waals surface area contributed by atoms with Crippen molar-refractivity contribution < 1.29 is 14.2 Å². The molecule has 1 fully saturated rings. The third-order valence-electron chi connectivity index (χ3n) is 7.37. The van der Waals surface area contributed by atoms with E-state index in [1.165, 1.54) is 11.8 Å². The van der Waals surface area contributed by atoms with Gasteiger partial charge in [-0.05, 0) is 58.4 Å². The molecule has 6 nitrogen and oxygen atoms in total. The predicted octanol–water partition coefficient (Wildman–Crippen LogP) is 7.45. The van der Waals surface area contributed by atoms with E-state index < -0.39 is 5.60 Å². The third kappa shape index (κ3) is 5.02. The summed E-state index contributed by atoms with van der Waals surface area (Å²) in [6.07, 6.45) is 5.59. The van der Waals surface area contributed by atoms with E-state index in [1.807, 2.05) is 24.5 Å². The fourth-order valence-electron chi connectivity index (χ4n) is 5.51. The van der Waals surface area contributed by atoms with Crippen LogP contribution in [0.2, 0.25) is 0 Å². The molecule has 0 radical (unpaired) electrons. The van der Waals surface area contributed by atoms with E-state index in [2.05, 4.69) is 111 Å². The molecule has 1 saturated heterocycles. The lowest BCUT2D eigenvalue weighted by molar-refractivity contribution is -0.0755. The molecule has 1 aliphatic rings. The number of thioether (sulfide) groups is 1. The molecule has 3 heterocycles. The molecular weight excluding hydrogens is 633 g/mol. The Morgan fingerprint density at radius 3 is 2.00 bits per heavy atom. The van der Waals surface area contributed by atoms with Crippen molar-refractivity contribution in [1.29, 1.82) is 0 Å². The van der Waals surface area contributed by atoms with Crippen LogP contribution in [0.3, 0.4) is 0 Å². The number of methoxy groups -OCH3 is 1. The highest BCUT2D eigenvalue weighted by Crippen LogP contribution is 2.42. The Morgan fingerprint density at radius 1 is 0.900 bits per heavy atom. The van der Waals surface area contributed by atoms with E-state index in [1.54, 1.807) is 7.11 Å².